The van der Waals surface area contributed by atoms with Crippen LogP contribution in [0.2, 0.25) is 0 Å². The zero-order valence-electron chi connectivity index (χ0n) is 10.3. The Kier molecular flexibility index (Phi) is 5.77. The summed E-state index contributed by atoms with van der Waals surface area (Å²) in [6.45, 7) is 5.50. The third kappa shape index (κ3) is 4.49. The highest BCUT2D eigenvalue weighted by atomic mass is 16.3. The molecule has 4 heteroatoms. The van der Waals surface area contributed by atoms with Crippen molar-refractivity contribution in [2.24, 2.45) is 5.92 Å². The molecular formula is C12H24N2O2. The van der Waals surface area contributed by atoms with Crippen LogP contribution >= 0.6 is 0 Å². The SMILES string of the molecule is CCCNC(=O)C(C)NCC1CCC(O)C1. The lowest BCUT2D eigenvalue weighted by Crippen LogP contribution is -2.43. The van der Waals surface area contributed by atoms with Gasteiger partial charge in [-0.05, 0) is 45.1 Å². The molecule has 1 aliphatic carbocycles. The molecular weight excluding hydrogens is 204 g/mol. The highest BCUT2D eigenvalue weighted by Crippen LogP contribution is 2.24. The van der Waals surface area contributed by atoms with Crippen LogP contribution in [0.1, 0.15) is 39.5 Å². The minimum absolute atomic E-state index is 0.0698. The van der Waals surface area contributed by atoms with Gasteiger partial charge in [0, 0.05) is 6.54 Å². The average Bonchev–Trinajstić information content (AvgIpc) is 2.68. The maximum atomic E-state index is 11.5. The van der Waals surface area contributed by atoms with Crippen molar-refractivity contribution in [3.8, 4) is 0 Å². The molecule has 3 unspecified atom stereocenters. The second-order valence-electron chi connectivity index (χ2n) is 4.75. The van der Waals surface area contributed by atoms with Crippen molar-refractivity contribution in [1.82, 2.24) is 10.6 Å². The monoisotopic (exact) mass is 228 g/mol. The van der Waals surface area contributed by atoms with Crippen molar-refractivity contribution in [2.45, 2.75) is 51.7 Å². The van der Waals surface area contributed by atoms with E-state index in [1.165, 1.54) is 0 Å². The Labute approximate surface area is 97.8 Å². The van der Waals surface area contributed by atoms with Gasteiger partial charge in [0.25, 0.3) is 0 Å². The first-order valence-electron chi connectivity index (χ1n) is 6.32. The van der Waals surface area contributed by atoms with E-state index in [0.717, 1.165) is 38.8 Å². The summed E-state index contributed by atoms with van der Waals surface area (Å²) in [6, 6.07) is -0.135. The highest BCUT2D eigenvalue weighted by molar-refractivity contribution is 5.81. The quantitative estimate of drug-likeness (QED) is 0.625. The number of carbonyl (C=O) groups is 1. The Morgan fingerprint density at radius 3 is 2.81 bits per heavy atom. The van der Waals surface area contributed by atoms with E-state index in [1.807, 2.05) is 13.8 Å². The van der Waals surface area contributed by atoms with Gasteiger partial charge in [-0.25, -0.2) is 0 Å². The maximum Gasteiger partial charge on any atom is 0.236 e. The molecule has 0 aromatic heterocycles. The normalized spacial score (nSPS) is 26.7. The number of rotatable bonds is 6. The smallest absolute Gasteiger partial charge is 0.236 e. The molecule has 0 radical (unpaired) electrons. The number of nitrogens with one attached hydrogen (secondary N) is 2. The molecule has 4 nitrogen and oxygen atoms in total. The van der Waals surface area contributed by atoms with Gasteiger partial charge in [0.1, 0.15) is 0 Å². The fraction of sp³-hybridized carbons (Fsp3) is 0.917. The predicted octanol–water partition coefficient (Wildman–Crippen LogP) is 0.652. The molecule has 0 heterocycles. The van der Waals surface area contributed by atoms with Crippen LogP contribution < -0.4 is 10.6 Å². The van der Waals surface area contributed by atoms with Crippen LogP contribution in [-0.4, -0.2) is 36.2 Å². The molecule has 0 spiro atoms. The Morgan fingerprint density at radius 2 is 2.25 bits per heavy atom. The lowest BCUT2D eigenvalue weighted by Gasteiger charge is -2.16. The number of hydrogen-bond acceptors (Lipinski definition) is 3. The molecule has 0 aromatic carbocycles. The summed E-state index contributed by atoms with van der Waals surface area (Å²) < 4.78 is 0. The number of amides is 1. The van der Waals surface area contributed by atoms with Gasteiger partial charge in [0.2, 0.25) is 5.91 Å². The van der Waals surface area contributed by atoms with Crippen LogP contribution in [0.3, 0.4) is 0 Å². The summed E-state index contributed by atoms with van der Waals surface area (Å²) in [7, 11) is 0. The molecule has 1 amide bonds. The third-order valence-corrected chi connectivity index (χ3v) is 3.17. The Hall–Kier alpha value is -0.610. The molecule has 3 atom stereocenters. The van der Waals surface area contributed by atoms with E-state index >= 15 is 0 Å². The molecule has 0 saturated heterocycles. The zero-order chi connectivity index (χ0) is 12.0. The van der Waals surface area contributed by atoms with Crippen molar-refractivity contribution in [2.75, 3.05) is 13.1 Å². The van der Waals surface area contributed by atoms with E-state index in [0.29, 0.717) is 5.92 Å². The Morgan fingerprint density at radius 1 is 1.50 bits per heavy atom. The molecule has 16 heavy (non-hydrogen) atoms. The number of aliphatic hydroxyl groups is 1. The van der Waals surface area contributed by atoms with Crippen molar-refractivity contribution in [1.29, 1.82) is 0 Å². The molecule has 0 aliphatic heterocycles. The third-order valence-electron chi connectivity index (χ3n) is 3.17. The second kappa shape index (κ2) is 6.86. The Bertz CT molecular complexity index is 221. The van der Waals surface area contributed by atoms with Gasteiger partial charge in [-0.2, -0.15) is 0 Å². The fourth-order valence-corrected chi connectivity index (χ4v) is 2.07. The lowest BCUT2D eigenvalue weighted by molar-refractivity contribution is -0.122. The van der Waals surface area contributed by atoms with E-state index < -0.39 is 0 Å². The number of hydrogen-bond donors (Lipinski definition) is 3. The van der Waals surface area contributed by atoms with Gasteiger partial charge >= 0.3 is 0 Å². The van der Waals surface area contributed by atoms with Crippen molar-refractivity contribution in [3.63, 3.8) is 0 Å². The van der Waals surface area contributed by atoms with Crippen LogP contribution in [0.25, 0.3) is 0 Å². The minimum Gasteiger partial charge on any atom is -0.393 e. The largest absolute Gasteiger partial charge is 0.393 e. The maximum absolute atomic E-state index is 11.5. The van der Waals surface area contributed by atoms with E-state index in [-0.39, 0.29) is 18.1 Å². The molecule has 94 valence electrons. The van der Waals surface area contributed by atoms with E-state index in [1.54, 1.807) is 0 Å². The molecule has 1 fully saturated rings. The summed E-state index contributed by atoms with van der Waals surface area (Å²) in [5.41, 5.74) is 0. The molecule has 0 aromatic rings. The Balaban J connectivity index is 2.14. The summed E-state index contributed by atoms with van der Waals surface area (Å²) in [6.07, 6.45) is 3.68. The van der Waals surface area contributed by atoms with E-state index in [9.17, 15) is 9.90 Å². The molecule has 0 bridgehead atoms. The topological polar surface area (TPSA) is 61.4 Å². The molecule has 1 rings (SSSR count). The van der Waals surface area contributed by atoms with Crippen LogP contribution in [0.15, 0.2) is 0 Å². The second-order valence-corrected chi connectivity index (χ2v) is 4.75. The summed E-state index contributed by atoms with van der Waals surface area (Å²) in [5, 5.41) is 15.5. The fourth-order valence-electron chi connectivity index (χ4n) is 2.07. The van der Waals surface area contributed by atoms with E-state index in [4.69, 9.17) is 0 Å². The molecule has 1 saturated carbocycles. The van der Waals surface area contributed by atoms with Crippen molar-refractivity contribution < 1.29 is 9.90 Å². The van der Waals surface area contributed by atoms with Crippen LogP contribution in [0.5, 0.6) is 0 Å². The predicted molar refractivity (Wildman–Crippen MR) is 64.1 cm³/mol. The zero-order valence-corrected chi connectivity index (χ0v) is 10.3. The first-order chi connectivity index (χ1) is 7.63. The standard InChI is InChI=1S/C12H24N2O2/c1-3-6-13-12(16)9(2)14-8-10-4-5-11(15)7-10/h9-11,14-15H,3-8H2,1-2H3,(H,13,16). The first-order valence-corrected chi connectivity index (χ1v) is 6.32. The minimum atomic E-state index is -0.135. The van der Waals surface area contributed by atoms with Crippen LogP contribution in [0, 0.1) is 5.92 Å². The molecule has 3 N–H and O–H groups in total. The summed E-state index contributed by atoms with van der Waals surface area (Å²) in [4.78, 5) is 11.5. The van der Waals surface area contributed by atoms with Gasteiger partial charge in [-0.15, -0.1) is 0 Å². The van der Waals surface area contributed by atoms with Gasteiger partial charge < -0.3 is 15.7 Å². The van der Waals surface area contributed by atoms with Crippen molar-refractivity contribution >= 4 is 5.91 Å². The van der Waals surface area contributed by atoms with E-state index in [2.05, 4.69) is 10.6 Å². The first kappa shape index (κ1) is 13.5. The summed E-state index contributed by atoms with van der Waals surface area (Å²) >= 11 is 0. The summed E-state index contributed by atoms with van der Waals surface area (Å²) in [5.74, 6) is 0.594. The van der Waals surface area contributed by atoms with Gasteiger partial charge in [-0.3, -0.25) is 4.79 Å². The van der Waals surface area contributed by atoms with Crippen LogP contribution in [-0.2, 0) is 4.79 Å². The number of carbonyl (C=O) groups excluding carboxylic acids is 1. The molecule has 1 aliphatic rings. The lowest BCUT2D eigenvalue weighted by atomic mass is 10.1. The van der Waals surface area contributed by atoms with Gasteiger partial charge in [-0.1, -0.05) is 6.92 Å². The van der Waals surface area contributed by atoms with Crippen molar-refractivity contribution in [3.05, 3.63) is 0 Å². The number of aliphatic hydroxyl groups excluding tert-OH is 1. The average molecular weight is 228 g/mol. The van der Waals surface area contributed by atoms with Gasteiger partial charge in [0.15, 0.2) is 0 Å². The highest BCUT2D eigenvalue weighted by Gasteiger charge is 2.23. The van der Waals surface area contributed by atoms with Gasteiger partial charge in [0.05, 0.1) is 12.1 Å². The van der Waals surface area contributed by atoms with Crippen LogP contribution in [0.4, 0.5) is 0 Å².